The zero-order valence-corrected chi connectivity index (χ0v) is 20.9. The number of anilines is 1. The van der Waals surface area contributed by atoms with Gasteiger partial charge in [0, 0.05) is 37.7 Å². The fourth-order valence-corrected chi connectivity index (χ4v) is 6.96. The summed E-state index contributed by atoms with van der Waals surface area (Å²) in [5.74, 6) is 0.871. The highest BCUT2D eigenvalue weighted by Gasteiger charge is 2.34. The Balaban J connectivity index is 1.70. The van der Waals surface area contributed by atoms with E-state index < -0.39 is 24.9 Å². The zero-order chi connectivity index (χ0) is 25.5. The lowest BCUT2D eigenvalue weighted by Gasteiger charge is -2.31. The van der Waals surface area contributed by atoms with E-state index in [9.17, 15) is 22.5 Å². The number of halogens is 3. The van der Waals surface area contributed by atoms with Crippen LogP contribution < -0.4 is 10.8 Å². The van der Waals surface area contributed by atoms with E-state index >= 15 is 0 Å². The van der Waals surface area contributed by atoms with Crippen LogP contribution in [0.25, 0.3) is 10.9 Å². The summed E-state index contributed by atoms with van der Waals surface area (Å²) in [6.07, 6.45) is -2.19. The number of rotatable bonds is 4. The van der Waals surface area contributed by atoms with Crippen LogP contribution in [0.4, 0.5) is 19.0 Å². The van der Waals surface area contributed by atoms with Crippen molar-refractivity contribution >= 4 is 35.2 Å². The number of alkyl halides is 3. The molecule has 186 valence electrons. The van der Waals surface area contributed by atoms with Gasteiger partial charge in [0.25, 0.3) is 0 Å². The van der Waals surface area contributed by atoms with Gasteiger partial charge in [-0.2, -0.15) is 13.2 Å². The molecule has 0 radical (unpaired) electrons. The van der Waals surface area contributed by atoms with Gasteiger partial charge in [-0.05, 0) is 44.0 Å². The summed E-state index contributed by atoms with van der Waals surface area (Å²) in [4.78, 5) is 26.7. The van der Waals surface area contributed by atoms with Crippen LogP contribution in [0, 0.1) is 13.8 Å². The van der Waals surface area contributed by atoms with E-state index in [4.69, 9.17) is 0 Å². The number of hydrogen-bond donors (Lipinski definition) is 1. The number of aryl methyl sites for hydroxylation is 1. The van der Waals surface area contributed by atoms with Crippen molar-refractivity contribution < 1.29 is 22.5 Å². The Morgan fingerprint density at radius 2 is 1.86 bits per heavy atom. The fraction of sp³-hybridized carbons (Fsp3) is 0.417. The van der Waals surface area contributed by atoms with Gasteiger partial charge in [0.15, 0.2) is 0 Å². The van der Waals surface area contributed by atoms with Crippen molar-refractivity contribution in [1.29, 1.82) is 0 Å². The second-order valence-corrected chi connectivity index (χ2v) is 12.0. The number of hydrogen-bond acceptors (Lipinski definition) is 6. The number of carbonyl (C=O) groups excluding carboxylic acids is 1. The van der Waals surface area contributed by atoms with Crippen LogP contribution in [0.3, 0.4) is 0 Å². The Bertz CT molecular complexity index is 1330. The Kier molecular flexibility index (Phi) is 6.62. The number of nitrogens with zero attached hydrogens (tertiary/aromatic N) is 4. The van der Waals surface area contributed by atoms with Crippen LogP contribution in [-0.2, 0) is 15.5 Å². The number of carbonyl (C=O) groups is 1. The second-order valence-electron chi connectivity index (χ2n) is 8.91. The van der Waals surface area contributed by atoms with E-state index in [1.165, 1.54) is 19.9 Å². The van der Waals surface area contributed by atoms with Gasteiger partial charge >= 0.3 is 6.18 Å². The molecular weight excluding hydrogens is 478 g/mol. The standard InChI is InChI=1S/C24H27F3N5O2P/c1-14-18(6-5-7-20(14)24(25,26)27)15(2)29-23-19-12-22(28-13-21(19)30-16(3)31-23)35(34)10-8-32(9-11-35)17(4)33/h5-7,12-13,15H,8-11H2,1-4H3,(H,29,30,31)/t15-/m0/s1. The van der Waals surface area contributed by atoms with Gasteiger partial charge in [0.1, 0.15) is 24.2 Å². The van der Waals surface area contributed by atoms with Gasteiger partial charge in [0.2, 0.25) is 5.91 Å². The predicted octanol–water partition coefficient (Wildman–Crippen LogP) is 4.68. The molecule has 1 amide bonds. The summed E-state index contributed by atoms with van der Waals surface area (Å²) < 4.78 is 53.9. The van der Waals surface area contributed by atoms with Gasteiger partial charge in [-0.25, -0.2) is 9.97 Å². The normalized spacial score (nSPS) is 16.8. The Labute approximate surface area is 201 Å². The number of benzene rings is 1. The van der Waals surface area contributed by atoms with Gasteiger partial charge in [-0.1, -0.05) is 12.1 Å². The molecule has 0 bridgehead atoms. The minimum Gasteiger partial charge on any atom is -0.363 e. The van der Waals surface area contributed by atoms with Crippen LogP contribution >= 0.6 is 7.14 Å². The van der Waals surface area contributed by atoms with Crippen LogP contribution in [0.15, 0.2) is 30.5 Å². The maximum Gasteiger partial charge on any atom is 0.416 e. The first-order valence-electron chi connectivity index (χ1n) is 11.3. The molecule has 0 aliphatic carbocycles. The quantitative estimate of drug-likeness (QED) is 0.518. The Morgan fingerprint density at radius 1 is 1.17 bits per heavy atom. The largest absolute Gasteiger partial charge is 0.416 e. The molecule has 1 aromatic carbocycles. The summed E-state index contributed by atoms with van der Waals surface area (Å²) in [5, 5.41) is 3.84. The van der Waals surface area contributed by atoms with Crippen LogP contribution in [0.5, 0.6) is 0 Å². The van der Waals surface area contributed by atoms with E-state index in [1.54, 1.807) is 37.1 Å². The SMILES string of the molecule is CC(=O)N1CCP(=O)(c2cc3c(N[C@@H](C)c4cccc(C(F)(F)F)c4C)nc(C)nc3cn2)CC1. The van der Waals surface area contributed by atoms with Crippen molar-refractivity contribution in [3.63, 3.8) is 0 Å². The number of pyridine rings is 1. The molecular formula is C24H27F3N5O2P. The lowest BCUT2D eigenvalue weighted by Crippen LogP contribution is -2.40. The third kappa shape index (κ3) is 5.03. The molecule has 1 aliphatic rings. The molecule has 3 aromatic rings. The van der Waals surface area contributed by atoms with Gasteiger partial charge in [-0.3, -0.25) is 9.78 Å². The van der Waals surface area contributed by atoms with Crippen LogP contribution in [0.1, 0.15) is 42.4 Å². The zero-order valence-electron chi connectivity index (χ0n) is 20.0. The second kappa shape index (κ2) is 9.22. The minimum absolute atomic E-state index is 0.0445. The van der Waals surface area contributed by atoms with Crippen molar-refractivity contribution in [2.45, 2.75) is 39.9 Å². The number of fused-ring (bicyclic) bond motifs is 1. The number of amides is 1. The highest BCUT2D eigenvalue weighted by atomic mass is 31.2. The molecule has 35 heavy (non-hydrogen) atoms. The summed E-state index contributed by atoms with van der Waals surface area (Å²) in [6.45, 7) is 7.27. The molecule has 1 atom stereocenters. The van der Waals surface area contributed by atoms with Gasteiger partial charge in [0.05, 0.1) is 23.3 Å². The molecule has 0 saturated carbocycles. The van der Waals surface area contributed by atoms with Crippen molar-refractivity contribution in [3.8, 4) is 0 Å². The molecule has 0 unspecified atom stereocenters. The van der Waals surface area contributed by atoms with Gasteiger partial charge < -0.3 is 14.8 Å². The fourth-order valence-electron chi connectivity index (χ4n) is 4.51. The summed E-state index contributed by atoms with van der Waals surface area (Å²) in [7, 11) is -2.82. The van der Waals surface area contributed by atoms with Crippen molar-refractivity contribution in [2.75, 3.05) is 30.7 Å². The Morgan fingerprint density at radius 3 is 2.49 bits per heavy atom. The monoisotopic (exact) mass is 505 g/mol. The first-order valence-corrected chi connectivity index (χ1v) is 13.4. The maximum atomic E-state index is 13.7. The van der Waals surface area contributed by atoms with Crippen LogP contribution in [-0.4, -0.2) is 51.2 Å². The maximum absolute atomic E-state index is 13.7. The first-order chi connectivity index (χ1) is 16.4. The molecule has 1 aliphatic heterocycles. The van der Waals surface area contributed by atoms with Crippen molar-refractivity contribution in [3.05, 3.63) is 53.0 Å². The molecule has 0 spiro atoms. The smallest absolute Gasteiger partial charge is 0.363 e. The number of aromatic nitrogens is 3. The molecule has 11 heteroatoms. The van der Waals surface area contributed by atoms with Gasteiger partial charge in [-0.15, -0.1) is 0 Å². The molecule has 7 nitrogen and oxygen atoms in total. The van der Waals surface area contributed by atoms with E-state index in [2.05, 4.69) is 20.3 Å². The van der Waals surface area contributed by atoms with Crippen LogP contribution in [0.2, 0.25) is 0 Å². The minimum atomic E-state index is -4.44. The van der Waals surface area contributed by atoms with E-state index in [0.29, 0.717) is 59.0 Å². The summed E-state index contributed by atoms with van der Waals surface area (Å²) in [5.41, 5.74) is 0.980. The van der Waals surface area contributed by atoms with Crippen molar-refractivity contribution in [1.82, 2.24) is 19.9 Å². The van der Waals surface area contributed by atoms with E-state index in [0.717, 1.165) is 6.07 Å². The molecule has 2 aromatic heterocycles. The lowest BCUT2D eigenvalue weighted by atomic mass is 9.97. The average molecular weight is 505 g/mol. The number of nitrogens with one attached hydrogen (secondary N) is 1. The predicted molar refractivity (Wildman–Crippen MR) is 130 cm³/mol. The molecule has 3 heterocycles. The molecule has 1 N–H and O–H groups in total. The lowest BCUT2D eigenvalue weighted by molar-refractivity contribution is -0.138. The first kappa shape index (κ1) is 25.1. The topological polar surface area (TPSA) is 88.1 Å². The summed E-state index contributed by atoms with van der Waals surface area (Å²) >= 11 is 0. The molecule has 1 saturated heterocycles. The van der Waals surface area contributed by atoms with Crippen molar-refractivity contribution in [2.24, 2.45) is 0 Å². The third-order valence-corrected chi connectivity index (χ3v) is 9.43. The van der Waals surface area contributed by atoms with E-state index in [1.807, 2.05) is 0 Å². The molecule has 1 fully saturated rings. The third-order valence-electron chi connectivity index (χ3n) is 6.51. The average Bonchev–Trinajstić information content (AvgIpc) is 2.78. The highest BCUT2D eigenvalue weighted by Crippen LogP contribution is 2.46. The Hall–Kier alpha value is -3.00. The highest BCUT2D eigenvalue weighted by molar-refractivity contribution is 7.71. The van der Waals surface area contributed by atoms with E-state index in [-0.39, 0.29) is 11.5 Å². The summed E-state index contributed by atoms with van der Waals surface area (Å²) in [6, 6.07) is 5.36. The molecule has 4 rings (SSSR count).